The minimum atomic E-state index is -5.88. The number of rotatable bonds is 5. The van der Waals surface area contributed by atoms with Crippen LogP contribution in [0.2, 0.25) is 0 Å². The fourth-order valence-corrected chi connectivity index (χ4v) is 2.51. The molecule has 3 N–H and O–H groups in total. The molecule has 0 saturated heterocycles. The maximum Gasteiger partial charge on any atom is 0.455 e. The van der Waals surface area contributed by atoms with Crippen molar-refractivity contribution in [3.63, 3.8) is 0 Å². The number of carbonyl (C=O) groups excluding carboxylic acids is 3. The summed E-state index contributed by atoms with van der Waals surface area (Å²) < 4.78 is 81.7. The number of fused-ring (bicyclic) bond motifs is 1. The Labute approximate surface area is 172 Å². The van der Waals surface area contributed by atoms with Crippen LogP contribution in [0.15, 0.2) is 18.2 Å². The zero-order valence-electron chi connectivity index (χ0n) is 16.5. The van der Waals surface area contributed by atoms with Crippen molar-refractivity contribution in [2.24, 2.45) is 5.41 Å². The maximum atomic E-state index is 13.4. The summed E-state index contributed by atoms with van der Waals surface area (Å²) >= 11 is 0. The first kappa shape index (κ1) is 24.3. The Hall–Kier alpha value is -2.99. The van der Waals surface area contributed by atoms with Gasteiger partial charge in [0.2, 0.25) is 11.8 Å². The molecule has 0 fully saturated rings. The van der Waals surface area contributed by atoms with Gasteiger partial charge < -0.3 is 20.7 Å². The van der Waals surface area contributed by atoms with Gasteiger partial charge in [0, 0.05) is 6.07 Å². The van der Waals surface area contributed by atoms with E-state index < -0.39 is 59.7 Å². The Morgan fingerprint density at radius 1 is 1.13 bits per heavy atom. The first-order valence-corrected chi connectivity index (χ1v) is 8.87. The average molecular weight is 455 g/mol. The van der Waals surface area contributed by atoms with Crippen molar-refractivity contribution in [3.8, 4) is 5.75 Å². The summed E-state index contributed by atoms with van der Waals surface area (Å²) in [5, 5.41) is 5.96. The molecule has 0 unspecified atom stereocenters. The van der Waals surface area contributed by atoms with E-state index in [0.717, 1.165) is 26.0 Å². The molecule has 1 aromatic rings. The molecule has 0 spiro atoms. The van der Waals surface area contributed by atoms with Crippen LogP contribution in [0.4, 0.5) is 32.0 Å². The van der Waals surface area contributed by atoms with Gasteiger partial charge in [0.25, 0.3) is 5.91 Å². The highest BCUT2D eigenvalue weighted by atomic mass is 19.4. The Bertz CT molecular complexity index is 888. The SMILES string of the molecule is C[C@H]1Oc2ccc(F)cc2NC(=O)[C@H]1NC(=O)C(C)(C)C(=O)NCC(F)(F)C(F)(F)F. The highest BCUT2D eigenvalue weighted by molar-refractivity contribution is 6.06. The van der Waals surface area contributed by atoms with Gasteiger partial charge in [-0.05, 0) is 32.9 Å². The molecule has 172 valence electrons. The van der Waals surface area contributed by atoms with Crippen LogP contribution in [-0.2, 0) is 14.4 Å². The fraction of sp³-hybridized carbons (Fsp3) is 0.500. The van der Waals surface area contributed by atoms with Crippen molar-refractivity contribution in [2.45, 2.75) is 45.0 Å². The van der Waals surface area contributed by atoms with Crippen molar-refractivity contribution in [1.82, 2.24) is 10.6 Å². The van der Waals surface area contributed by atoms with Crippen molar-refractivity contribution in [1.29, 1.82) is 0 Å². The third kappa shape index (κ3) is 5.20. The Morgan fingerprint density at radius 2 is 1.74 bits per heavy atom. The standard InChI is InChI=1S/C18H19F6N3O4/c1-8-12(13(28)26-10-6-9(19)4-5-11(10)31-8)27-15(30)16(2,3)14(29)25-7-17(20,21)18(22,23)24/h4-6,8,12H,7H2,1-3H3,(H,25,29)(H,26,28)(H,27,30)/t8-,12+/m1/s1. The van der Waals surface area contributed by atoms with Gasteiger partial charge in [-0.2, -0.15) is 22.0 Å². The van der Waals surface area contributed by atoms with Crippen LogP contribution in [0.25, 0.3) is 0 Å². The summed E-state index contributed by atoms with van der Waals surface area (Å²) in [6.45, 7) is 1.30. The minimum absolute atomic E-state index is 0.0000145. The molecule has 0 bridgehead atoms. The number of anilines is 1. The number of nitrogens with one attached hydrogen (secondary N) is 3. The molecular weight excluding hydrogens is 436 g/mol. The largest absolute Gasteiger partial charge is 0.486 e. The third-order valence-electron chi connectivity index (χ3n) is 4.57. The van der Waals surface area contributed by atoms with Crippen LogP contribution >= 0.6 is 0 Å². The fourth-order valence-electron chi connectivity index (χ4n) is 2.51. The molecule has 13 heteroatoms. The van der Waals surface area contributed by atoms with Gasteiger partial charge in [0.1, 0.15) is 29.1 Å². The van der Waals surface area contributed by atoms with Crippen molar-refractivity contribution in [3.05, 3.63) is 24.0 Å². The Morgan fingerprint density at radius 3 is 2.32 bits per heavy atom. The zero-order valence-corrected chi connectivity index (χ0v) is 16.5. The van der Waals surface area contributed by atoms with E-state index in [4.69, 9.17) is 4.74 Å². The lowest BCUT2D eigenvalue weighted by Crippen LogP contribution is -2.58. The van der Waals surface area contributed by atoms with E-state index in [1.807, 2.05) is 0 Å². The summed E-state index contributed by atoms with van der Waals surface area (Å²) in [6, 6.07) is 1.94. The predicted molar refractivity (Wildman–Crippen MR) is 94.8 cm³/mol. The van der Waals surface area contributed by atoms with Gasteiger partial charge >= 0.3 is 12.1 Å². The van der Waals surface area contributed by atoms with Crippen LogP contribution in [0.3, 0.4) is 0 Å². The molecule has 3 amide bonds. The number of amides is 3. The molecule has 0 radical (unpaired) electrons. The number of ether oxygens (including phenoxy) is 1. The van der Waals surface area contributed by atoms with E-state index in [2.05, 4.69) is 10.6 Å². The normalized spacial score (nSPS) is 19.5. The van der Waals surface area contributed by atoms with E-state index in [1.54, 1.807) is 0 Å². The summed E-state index contributed by atoms with van der Waals surface area (Å²) in [5.74, 6) is -9.10. The van der Waals surface area contributed by atoms with Crippen LogP contribution in [0.5, 0.6) is 5.75 Å². The molecule has 2 atom stereocenters. The van der Waals surface area contributed by atoms with Crippen molar-refractivity contribution >= 4 is 23.4 Å². The molecule has 1 heterocycles. The van der Waals surface area contributed by atoms with Crippen molar-refractivity contribution in [2.75, 3.05) is 11.9 Å². The third-order valence-corrected chi connectivity index (χ3v) is 4.57. The maximum absolute atomic E-state index is 13.4. The second-order valence-corrected chi connectivity index (χ2v) is 7.41. The highest BCUT2D eigenvalue weighted by Crippen LogP contribution is 2.35. The lowest BCUT2D eigenvalue weighted by molar-refractivity contribution is -0.278. The van der Waals surface area contributed by atoms with Gasteiger partial charge in [-0.25, -0.2) is 4.39 Å². The predicted octanol–water partition coefficient (Wildman–Crippen LogP) is 2.37. The summed E-state index contributed by atoms with van der Waals surface area (Å²) in [7, 11) is 0. The van der Waals surface area contributed by atoms with Gasteiger partial charge in [-0.15, -0.1) is 0 Å². The molecule has 1 aromatic carbocycles. The molecule has 7 nitrogen and oxygen atoms in total. The summed E-state index contributed by atoms with van der Waals surface area (Å²) in [4.78, 5) is 37.1. The second-order valence-electron chi connectivity index (χ2n) is 7.41. The Kier molecular flexibility index (Phi) is 6.48. The lowest BCUT2D eigenvalue weighted by Gasteiger charge is -2.28. The van der Waals surface area contributed by atoms with Gasteiger partial charge in [-0.3, -0.25) is 14.4 Å². The lowest BCUT2D eigenvalue weighted by atomic mass is 9.90. The van der Waals surface area contributed by atoms with E-state index >= 15 is 0 Å². The van der Waals surface area contributed by atoms with Crippen LogP contribution in [-0.4, -0.2) is 48.5 Å². The van der Waals surface area contributed by atoms with Crippen molar-refractivity contribution < 1.29 is 45.5 Å². The number of carbonyl (C=O) groups is 3. The quantitative estimate of drug-likeness (QED) is 0.469. The monoisotopic (exact) mass is 455 g/mol. The summed E-state index contributed by atoms with van der Waals surface area (Å²) in [5.41, 5.74) is -2.12. The van der Waals surface area contributed by atoms with Crippen LogP contribution in [0, 0.1) is 11.2 Å². The van der Waals surface area contributed by atoms with E-state index in [1.165, 1.54) is 18.3 Å². The molecule has 0 aliphatic carbocycles. The highest BCUT2D eigenvalue weighted by Gasteiger charge is 2.57. The smallest absolute Gasteiger partial charge is 0.455 e. The second kappa shape index (κ2) is 8.27. The first-order valence-electron chi connectivity index (χ1n) is 8.87. The number of hydrogen-bond donors (Lipinski definition) is 3. The molecule has 1 aliphatic rings. The Balaban J connectivity index is 2.10. The van der Waals surface area contributed by atoms with Crippen LogP contribution in [0.1, 0.15) is 20.8 Å². The minimum Gasteiger partial charge on any atom is -0.486 e. The number of hydrogen-bond acceptors (Lipinski definition) is 4. The first-order chi connectivity index (χ1) is 14.1. The number of alkyl halides is 5. The average Bonchev–Trinajstić information content (AvgIpc) is 2.75. The molecule has 0 aromatic heterocycles. The molecule has 2 rings (SSSR count). The van der Waals surface area contributed by atoms with Gasteiger partial charge in [0.05, 0.1) is 12.2 Å². The van der Waals surface area contributed by atoms with E-state index in [0.29, 0.717) is 0 Å². The molecule has 1 aliphatic heterocycles. The zero-order chi connectivity index (χ0) is 23.8. The number of halogens is 6. The topological polar surface area (TPSA) is 96.5 Å². The van der Waals surface area contributed by atoms with Gasteiger partial charge in [0.15, 0.2) is 0 Å². The van der Waals surface area contributed by atoms with Crippen LogP contribution < -0.4 is 20.7 Å². The molecule has 31 heavy (non-hydrogen) atoms. The number of benzene rings is 1. The van der Waals surface area contributed by atoms with E-state index in [9.17, 15) is 40.7 Å². The molecular formula is C18H19F6N3O4. The van der Waals surface area contributed by atoms with E-state index in [-0.39, 0.29) is 11.4 Å². The molecule has 0 saturated carbocycles. The van der Waals surface area contributed by atoms with Gasteiger partial charge in [-0.1, -0.05) is 0 Å². The summed E-state index contributed by atoms with van der Waals surface area (Å²) in [6.07, 6.45) is -6.88.